The highest BCUT2D eigenvalue weighted by Gasteiger charge is 2.22. The third-order valence-electron chi connectivity index (χ3n) is 4.13. The minimum atomic E-state index is 0.518. The Balaban J connectivity index is 2.05. The van der Waals surface area contributed by atoms with Crippen LogP contribution in [0.1, 0.15) is 31.2 Å². The van der Waals surface area contributed by atoms with Crippen molar-refractivity contribution in [3.05, 3.63) is 35.9 Å². The van der Waals surface area contributed by atoms with E-state index in [0.717, 1.165) is 16.9 Å². The molecular formula is C16H19ClN2. The van der Waals surface area contributed by atoms with Gasteiger partial charge in [0.1, 0.15) is 5.82 Å². The fraction of sp³-hybridized carbons (Fsp3) is 0.438. The van der Waals surface area contributed by atoms with E-state index < -0.39 is 0 Å². The zero-order valence-corrected chi connectivity index (χ0v) is 12.0. The van der Waals surface area contributed by atoms with Crippen molar-refractivity contribution in [3.8, 4) is 0 Å². The number of hydrogen-bond donors (Lipinski definition) is 0. The maximum absolute atomic E-state index is 6.12. The molecular weight excluding hydrogens is 256 g/mol. The summed E-state index contributed by atoms with van der Waals surface area (Å²) in [4.78, 5) is 7.16. The third kappa shape index (κ3) is 2.42. The summed E-state index contributed by atoms with van der Waals surface area (Å²) in [5.41, 5.74) is 2.19. The van der Waals surface area contributed by atoms with E-state index in [4.69, 9.17) is 16.6 Å². The quantitative estimate of drug-likeness (QED) is 0.774. The van der Waals surface area contributed by atoms with Gasteiger partial charge in [-0.25, -0.2) is 4.98 Å². The second kappa shape index (κ2) is 5.38. The number of para-hydroxylation sites is 1. The summed E-state index contributed by atoms with van der Waals surface area (Å²) in [5, 5.41) is 1.17. The van der Waals surface area contributed by atoms with Crippen molar-refractivity contribution in [3.63, 3.8) is 0 Å². The molecule has 19 heavy (non-hydrogen) atoms. The van der Waals surface area contributed by atoms with Gasteiger partial charge in [-0.3, -0.25) is 0 Å². The molecule has 0 aliphatic heterocycles. The molecule has 0 radical (unpaired) electrons. The van der Waals surface area contributed by atoms with Gasteiger partial charge in [0, 0.05) is 24.0 Å². The zero-order valence-electron chi connectivity index (χ0n) is 11.3. The van der Waals surface area contributed by atoms with Gasteiger partial charge in [-0.15, -0.1) is 11.6 Å². The first kappa shape index (κ1) is 12.7. The number of halogens is 1. The molecule has 1 heterocycles. The molecule has 1 saturated carbocycles. The van der Waals surface area contributed by atoms with Crippen molar-refractivity contribution < 1.29 is 0 Å². The second-order valence-corrected chi connectivity index (χ2v) is 5.61. The Morgan fingerprint density at radius 3 is 2.74 bits per heavy atom. The van der Waals surface area contributed by atoms with Crippen LogP contribution in [0, 0.1) is 0 Å². The fourth-order valence-electron chi connectivity index (χ4n) is 3.02. The molecule has 0 amide bonds. The van der Waals surface area contributed by atoms with E-state index in [0.29, 0.717) is 11.9 Å². The lowest BCUT2D eigenvalue weighted by Gasteiger charge is -2.27. The zero-order chi connectivity index (χ0) is 13.2. The molecule has 0 N–H and O–H groups in total. The maximum Gasteiger partial charge on any atom is 0.133 e. The predicted molar refractivity (Wildman–Crippen MR) is 82.0 cm³/mol. The van der Waals surface area contributed by atoms with Crippen molar-refractivity contribution in [2.75, 3.05) is 11.9 Å². The molecule has 2 nitrogen and oxygen atoms in total. The number of hydrogen-bond acceptors (Lipinski definition) is 2. The number of pyridine rings is 1. The van der Waals surface area contributed by atoms with Gasteiger partial charge in [-0.2, -0.15) is 0 Å². The van der Waals surface area contributed by atoms with Crippen LogP contribution in [-0.4, -0.2) is 18.1 Å². The Morgan fingerprint density at radius 2 is 2.00 bits per heavy atom. The number of nitrogens with zero attached hydrogens (tertiary/aromatic N) is 2. The minimum Gasteiger partial charge on any atom is -0.356 e. The van der Waals surface area contributed by atoms with Crippen molar-refractivity contribution in [2.24, 2.45) is 0 Å². The standard InChI is InChI=1S/C16H19ClN2/c1-19(14-7-3-4-8-14)16-13(11-17)10-12-6-2-5-9-15(12)18-16/h2,5-6,9-10,14H,3-4,7-8,11H2,1H3. The van der Waals surface area contributed by atoms with Gasteiger partial charge < -0.3 is 4.90 Å². The fourth-order valence-corrected chi connectivity index (χ4v) is 3.21. The molecule has 3 rings (SSSR count). The highest BCUT2D eigenvalue weighted by molar-refractivity contribution is 6.17. The Hall–Kier alpha value is -1.28. The summed E-state index contributed by atoms with van der Waals surface area (Å²) in [5.74, 6) is 1.57. The van der Waals surface area contributed by atoms with E-state index in [9.17, 15) is 0 Å². The van der Waals surface area contributed by atoms with Crippen LogP contribution in [0.2, 0.25) is 0 Å². The van der Waals surface area contributed by atoms with Gasteiger partial charge in [0.25, 0.3) is 0 Å². The van der Waals surface area contributed by atoms with Gasteiger partial charge in [0.05, 0.1) is 11.4 Å². The number of anilines is 1. The van der Waals surface area contributed by atoms with Crippen molar-refractivity contribution in [2.45, 2.75) is 37.6 Å². The van der Waals surface area contributed by atoms with Crippen LogP contribution in [0.25, 0.3) is 10.9 Å². The summed E-state index contributed by atoms with van der Waals surface area (Å²) in [7, 11) is 2.16. The van der Waals surface area contributed by atoms with Crippen molar-refractivity contribution >= 4 is 28.3 Å². The number of benzene rings is 1. The topological polar surface area (TPSA) is 16.1 Å². The van der Waals surface area contributed by atoms with Crippen LogP contribution in [0.4, 0.5) is 5.82 Å². The van der Waals surface area contributed by atoms with Crippen molar-refractivity contribution in [1.29, 1.82) is 0 Å². The molecule has 2 aromatic rings. The third-order valence-corrected chi connectivity index (χ3v) is 4.42. The molecule has 0 saturated heterocycles. The number of alkyl halides is 1. The van der Waals surface area contributed by atoms with Crippen LogP contribution in [0.15, 0.2) is 30.3 Å². The first-order valence-corrected chi connectivity index (χ1v) is 7.50. The monoisotopic (exact) mass is 274 g/mol. The highest BCUT2D eigenvalue weighted by atomic mass is 35.5. The van der Waals surface area contributed by atoms with E-state index in [1.165, 1.54) is 31.1 Å². The molecule has 1 aromatic heterocycles. The van der Waals surface area contributed by atoms with Crippen LogP contribution < -0.4 is 4.90 Å². The molecule has 1 aliphatic carbocycles. The number of aromatic nitrogens is 1. The Bertz CT molecular complexity index is 576. The molecule has 100 valence electrons. The lowest BCUT2D eigenvalue weighted by molar-refractivity contribution is 0.645. The average Bonchev–Trinajstić information content (AvgIpc) is 2.99. The Kier molecular flexibility index (Phi) is 3.61. The van der Waals surface area contributed by atoms with Gasteiger partial charge in [0.2, 0.25) is 0 Å². The van der Waals surface area contributed by atoms with Gasteiger partial charge >= 0.3 is 0 Å². The number of fused-ring (bicyclic) bond motifs is 1. The maximum atomic E-state index is 6.12. The SMILES string of the molecule is CN(c1nc2ccccc2cc1CCl)C1CCCC1. The van der Waals surface area contributed by atoms with Crippen LogP contribution in [-0.2, 0) is 5.88 Å². The Morgan fingerprint density at radius 1 is 1.26 bits per heavy atom. The van der Waals surface area contributed by atoms with Crippen LogP contribution in [0.5, 0.6) is 0 Å². The van der Waals surface area contributed by atoms with E-state index in [1.54, 1.807) is 0 Å². The lowest BCUT2D eigenvalue weighted by atomic mass is 10.1. The lowest BCUT2D eigenvalue weighted by Crippen LogP contribution is -2.30. The van der Waals surface area contributed by atoms with Crippen molar-refractivity contribution in [1.82, 2.24) is 4.98 Å². The Labute approximate surface area is 119 Å². The van der Waals surface area contributed by atoms with Gasteiger partial charge in [-0.1, -0.05) is 31.0 Å². The van der Waals surface area contributed by atoms with E-state index in [2.05, 4.69) is 30.1 Å². The van der Waals surface area contributed by atoms with Crippen LogP contribution >= 0.6 is 11.6 Å². The highest BCUT2D eigenvalue weighted by Crippen LogP contribution is 2.30. The molecule has 1 aromatic carbocycles. The molecule has 0 bridgehead atoms. The molecule has 3 heteroatoms. The second-order valence-electron chi connectivity index (χ2n) is 5.35. The largest absolute Gasteiger partial charge is 0.356 e. The van der Waals surface area contributed by atoms with E-state index in [1.807, 2.05) is 12.1 Å². The molecule has 0 unspecified atom stereocenters. The summed E-state index contributed by atoms with van der Waals surface area (Å²) < 4.78 is 0. The molecule has 1 aliphatic rings. The van der Waals surface area contributed by atoms with E-state index in [-0.39, 0.29) is 0 Å². The number of rotatable bonds is 3. The van der Waals surface area contributed by atoms with Gasteiger partial charge in [-0.05, 0) is 25.0 Å². The first-order valence-electron chi connectivity index (χ1n) is 6.97. The normalized spacial score (nSPS) is 16.1. The summed E-state index contributed by atoms with van der Waals surface area (Å²) in [6.07, 6.45) is 5.21. The van der Waals surface area contributed by atoms with E-state index >= 15 is 0 Å². The average molecular weight is 275 g/mol. The summed E-state index contributed by atoms with van der Waals surface area (Å²) in [6.45, 7) is 0. The molecule has 1 fully saturated rings. The first-order chi connectivity index (χ1) is 9.29. The predicted octanol–water partition coefficient (Wildman–Crippen LogP) is 4.35. The summed E-state index contributed by atoms with van der Waals surface area (Å²) in [6, 6.07) is 11.0. The summed E-state index contributed by atoms with van der Waals surface area (Å²) >= 11 is 6.12. The molecule has 0 atom stereocenters. The minimum absolute atomic E-state index is 0.518. The smallest absolute Gasteiger partial charge is 0.133 e. The van der Waals surface area contributed by atoms with Gasteiger partial charge in [0.15, 0.2) is 0 Å². The van der Waals surface area contributed by atoms with Crippen LogP contribution in [0.3, 0.4) is 0 Å². The molecule has 0 spiro atoms.